The van der Waals surface area contributed by atoms with E-state index in [9.17, 15) is 8.42 Å². The molecule has 6 heteroatoms. The molecule has 0 bridgehead atoms. The number of piperidine rings is 1. The highest BCUT2D eigenvalue weighted by Crippen LogP contribution is 2.33. The quantitative estimate of drug-likeness (QED) is 0.865. The molecular formula is C15H23BrN2O2S. The van der Waals surface area contributed by atoms with Crippen LogP contribution in [0.15, 0.2) is 21.5 Å². The van der Waals surface area contributed by atoms with Crippen molar-refractivity contribution in [1.29, 1.82) is 0 Å². The van der Waals surface area contributed by atoms with Crippen LogP contribution in [0.2, 0.25) is 0 Å². The highest BCUT2D eigenvalue weighted by Gasteiger charge is 2.39. The molecule has 2 rings (SSSR count). The molecule has 1 atom stereocenters. The zero-order chi connectivity index (χ0) is 16.0. The molecule has 0 radical (unpaired) electrons. The minimum Gasteiger partial charge on any atom is -0.327 e. The van der Waals surface area contributed by atoms with Crippen molar-refractivity contribution in [3.8, 4) is 0 Å². The van der Waals surface area contributed by atoms with E-state index in [0.29, 0.717) is 24.4 Å². The second-order valence-corrected chi connectivity index (χ2v) is 9.35. The second kappa shape index (κ2) is 5.65. The van der Waals surface area contributed by atoms with E-state index in [4.69, 9.17) is 5.73 Å². The lowest BCUT2D eigenvalue weighted by molar-refractivity contribution is 0.155. The Morgan fingerprint density at radius 3 is 2.48 bits per heavy atom. The number of nitrogens with zero attached hydrogens (tertiary/aromatic N) is 1. The molecule has 1 aromatic carbocycles. The Hall–Kier alpha value is -0.430. The number of hydrogen-bond donors (Lipinski definition) is 1. The third-order valence-corrected chi connectivity index (χ3v) is 7.19. The van der Waals surface area contributed by atoms with Crippen molar-refractivity contribution in [2.45, 2.75) is 45.1 Å². The normalized spacial score (nSPS) is 23.2. The zero-order valence-corrected chi connectivity index (χ0v) is 15.4. The fourth-order valence-corrected chi connectivity index (χ4v) is 5.08. The van der Waals surface area contributed by atoms with Gasteiger partial charge in [-0.05, 0) is 48.9 Å². The van der Waals surface area contributed by atoms with E-state index in [-0.39, 0.29) is 11.5 Å². The van der Waals surface area contributed by atoms with Gasteiger partial charge < -0.3 is 5.73 Å². The van der Waals surface area contributed by atoms with E-state index in [1.165, 1.54) is 0 Å². The summed E-state index contributed by atoms with van der Waals surface area (Å²) in [6, 6.07) is 3.65. The molecule has 4 nitrogen and oxygen atoms in total. The molecule has 21 heavy (non-hydrogen) atoms. The first-order valence-electron chi connectivity index (χ1n) is 7.08. The molecule has 2 N–H and O–H groups in total. The SMILES string of the molecule is Cc1cc(S(=O)(=O)N2CCC(N)C(C)(C)C2)c(C)cc1Br. The Morgan fingerprint density at radius 2 is 1.90 bits per heavy atom. The number of hydrogen-bond acceptors (Lipinski definition) is 3. The van der Waals surface area contributed by atoms with Gasteiger partial charge in [0, 0.05) is 23.6 Å². The Kier molecular flexibility index (Phi) is 4.55. The van der Waals surface area contributed by atoms with Crippen molar-refractivity contribution in [2.24, 2.45) is 11.1 Å². The first kappa shape index (κ1) is 16.9. The Bertz CT molecular complexity index is 656. The van der Waals surface area contributed by atoms with E-state index < -0.39 is 10.0 Å². The molecular weight excluding hydrogens is 352 g/mol. The topological polar surface area (TPSA) is 63.4 Å². The summed E-state index contributed by atoms with van der Waals surface area (Å²) in [5, 5.41) is 0. The maximum absolute atomic E-state index is 12.9. The molecule has 1 aromatic rings. The number of sulfonamides is 1. The van der Waals surface area contributed by atoms with Crippen molar-refractivity contribution in [3.63, 3.8) is 0 Å². The molecule has 0 aliphatic carbocycles. The summed E-state index contributed by atoms with van der Waals surface area (Å²) in [5.74, 6) is 0. The Morgan fingerprint density at radius 1 is 1.29 bits per heavy atom. The van der Waals surface area contributed by atoms with Crippen molar-refractivity contribution in [2.75, 3.05) is 13.1 Å². The minimum atomic E-state index is -3.47. The Labute approximate surface area is 135 Å². The molecule has 0 saturated carbocycles. The predicted molar refractivity (Wildman–Crippen MR) is 88.7 cm³/mol. The lowest BCUT2D eigenvalue weighted by Gasteiger charge is -2.41. The van der Waals surface area contributed by atoms with E-state index in [1.54, 1.807) is 10.4 Å². The smallest absolute Gasteiger partial charge is 0.243 e. The molecule has 118 valence electrons. The third-order valence-electron chi connectivity index (χ3n) is 4.35. The lowest BCUT2D eigenvalue weighted by atomic mass is 9.81. The summed E-state index contributed by atoms with van der Waals surface area (Å²) < 4.78 is 28.4. The van der Waals surface area contributed by atoms with Gasteiger partial charge in [-0.25, -0.2) is 8.42 Å². The van der Waals surface area contributed by atoms with Crippen LogP contribution in [-0.4, -0.2) is 31.9 Å². The van der Waals surface area contributed by atoms with Crippen LogP contribution in [-0.2, 0) is 10.0 Å². The predicted octanol–water partition coefficient (Wildman–Crippen LogP) is 2.81. The molecule has 1 saturated heterocycles. The fraction of sp³-hybridized carbons (Fsp3) is 0.600. The van der Waals surface area contributed by atoms with Gasteiger partial charge in [-0.1, -0.05) is 29.8 Å². The van der Waals surface area contributed by atoms with Gasteiger partial charge in [-0.3, -0.25) is 0 Å². The number of nitrogens with two attached hydrogens (primary N) is 1. The summed E-state index contributed by atoms with van der Waals surface area (Å²) in [4.78, 5) is 0.398. The summed E-state index contributed by atoms with van der Waals surface area (Å²) >= 11 is 3.44. The first-order valence-corrected chi connectivity index (χ1v) is 9.31. The first-order chi connectivity index (χ1) is 9.55. The van der Waals surface area contributed by atoms with E-state index in [1.807, 2.05) is 33.8 Å². The Balaban J connectivity index is 2.42. The highest BCUT2D eigenvalue weighted by atomic mass is 79.9. The van der Waals surface area contributed by atoms with Crippen LogP contribution in [0.3, 0.4) is 0 Å². The number of aryl methyl sites for hydroxylation is 2. The van der Waals surface area contributed by atoms with Gasteiger partial charge in [0.15, 0.2) is 0 Å². The van der Waals surface area contributed by atoms with Crippen LogP contribution >= 0.6 is 15.9 Å². The number of halogens is 1. The maximum atomic E-state index is 12.9. The minimum absolute atomic E-state index is 0.0386. The molecule has 0 spiro atoms. The number of rotatable bonds is 2. The van der Waals surface area contributed by atoms with Crippen molar-refractivity contribution in [1.82, 2.24) is 4.31 Å². The summed E-state index contributed by atoms with van der Waals surface area (Å²) in [5.41, 5.74) is 7.59. The average molecular weight is 375 g/mol. The zero-order valence-electron chi connectivity index (χ0n) is 13.0. The summed E-state index contributed by atoms with van der Waals surface area (Å²) in [6.45, 7) is 8.74. The largest absolute Gasteiger partial charge is 0.327 e. The average Bonchev–Trinajstić information content (AvgIpc) is 2.36. The van der Waals surface area contributed by atoms with Crippen molar-refractivity contribution in [3.05, 3.63) is 27.7 Å². The third kappa shape index (κ3) is 3.18. The monoisotopic (exact) mass is 374 g/mol. The standard InChI is InChI=1S/C15H23BrN2O2S/c1-10-8-13(11(2)7-12(10)16)21(19,20)18-6-5-14(17)15(3,4)9-18/h7-8,14H,5-6,9,17H2,1-4H3. The van der Waals surface area contributed by atoms with Gasteiger partial charge in [0.05, 0.1) is 4.90 Å². The molecule has 1 heterocycles. The van der Waals surface area contributed by atoms with Crippen LogP contribution < -0.4 is 5.73 Å². The molecule has 1 fully saturated rings. The fourth-order valence-electron chi connectivity index (χ4n) is 2.70. The summed E-state index contributed by atoms with van der Waals surface area (Å²) in [6.07, 6.45) is 0.695. The van der Waals surface area contributed by atoms with Crippen LogP contribution in [0.25, 0.3) is 0 Å². The number of benzene rings is 1. The summed E-state index contributed by atoms with van der Waals surface area (Å²) in [7, 11) is -3.47. The van der Waals surface area contributed by atoms with Gasteiger partial charge >= 0.3 is 0 Å². The molecule has 0 aromatic heterocycles. The second-order valence-electron chi connectivity index (χ2n) is 6.59. The van der Waals surface area contributed by atoms with Crippen molar-refractivity contribution >= 4 is 26.0 Å². The van der Waals surface area contributed by atoms with Gasteiger partial charge in [0.2, 0.25) is 10.0 Å². The van der Waals surface area contributed by atoms with Gasteiger partial charge in [0.1, 0.15) is 0 Å². The molecule has 1 aliphatic rings. The van der Waals surface area contributed by atoms with Crippen LogP contribution in [0.4, 0.5) is 0 Å². The van der Waals surface area contributed by atoms with Gasteiger partial charge in [-0.15, -0.1) is 0 Å². The van der Waals surface area contributed by atoms with E-state index in [0.717, 1.165) is 15.6 Å². The highest BCUT2D eigenvalue weighted by molar-refractivity contribution is 9.10. The molecule has 1 unspecified atom stereocenters. The van der Waals surface area contributed by atoms with Crippen molar-refractivity contribution < 1.29 is 8.42 Å². The van der Waals surface area contributed by atoms with E-state index in [2.05, 4.69) is 15.9 Å². The van der Waals surface area contributed by atoms with Crippen LogP contribution in [0.5, 0.6) is 0 Å². The molecule has 0 amide bonds. The lowest BCUT2D eigenvalue weighted by Crippen LogP contribution is -2.53. The van der Waals surface area contributed by atoms with E-state index >= 15 is 0 Å². The maximum Gasteiger partial charge on any atom is 0.243 e. The van der Waals surface area contributed by atoms with Crippen LogP contribution in [0, 0.1) is 19.3 Å². The van der Waals surface area contributed by atoms with Gasteiger partial charge in [-0.2, -0.15) is 4.31 Å². The molecule has 1 aliphatic heterocycles. The van der Waals surface area contributed by atoms with Gasteiger partial charge in [0.25, 0.3) is 0 Å². The van der Waals surface area contributed by atoms with Crippen LogP contribution in [0.1, 0.15) is 31.4 Å².